The van der Waals surface area contributed by atoms with Crippen molar-refractivity contribution in [2.75, 3.05) is 31.1 Å². The molecule has 6 nitrogen and oxygen atoms in total. The lowest BCUT2D eigenvalue weighted by molar-refractivity contribution is 0.0472. The van der Waals surface area contributed by atoms with Gasteiger partial charge in [-0.15, -0.1) is 0 Å². The van der Waals surface area contributed by atoms with Gasteiger partial charge in [-0.3, -0.25) is 0 Å². The van der Waals surface area contributed by atoms with Crippen LogP contribution in [0.4, 0.5) is 10.1 Å². The first kappa shape index (κ1) is 22.0. The van der Waals surface area contributed by atoms with Crippen LogP contribution in [0.5, 0.6) is 0 Å². The Morgan fingerprint density at radius 1 is 0.875 bits per heavy atom. The number of esters is 1. The normalized spacial score (nSPS) is 14.8. The zero-order valence-corrected chi connectivity index (χ0v) is 18.2. The van der Waals surface area contributed by atoms with Gasteiger partial charge < -0.3 is 9.64 Å². The topological polar surface area (TPSA) is 66.9 Å². The highest BCUT2D eigenvalue weighted by atomic mass is 32.2. The van der Waals surface area contributed by atoms with E-state index in [1.165, 1.54) is 28.6 Å². The first-order valence-corrected chi connectivity index (χ1v) is 11.7. The molecular formula is C24H23FN2O4S. The number of rotatable bonds is 6. The summed E-state index contributed by atoms with van der Waals surface area (Å²) >= 11 is 0. The molecule has 0 saturated carbocycles. The molecule has 3 aromatic carbocycles. The molecule has 0 radical (unpaired) electrons. The third-order valence-electron chi connectivity index (χ3n) is 5.35. The van der Waals surface area contributed by atoms with Crippen molar-refractivity contribution >= 4 is 21.7 Å². The summed E-state index contributed by atoms with van der Waals surface area (Å²) in [6, 6.07) is 21.3. The fraction of sp³-hybridized carbons (Fsp3) is 0.208. The predicted octanol–water partition coefficient (Wildman–Crippen LogP) is 3.69. The van der Waals surface area contributed by atoms with Gasteiger partial charge in [0.2, 0.25) is 10.0 Å². The molecule has 1 aliphatic heterocycles. The van der Waals surface area contributed by atoms with E-state index in [-0.39, 0.29) is 22.9 Å². The fourth-order valence-electron chi connectivity index (χ4n) is 3.58. The van der Waals surface area contributed by atoms with E-state index in [4.69, 9.17) is 4.74 Å². The molecule has 0 unspecified atom stereocenters. The van der Waals surface area contributed by atoms with Crippen molar-refractivity contribution in [1.29, 1.82) is 0 Å². The molecule has 1 aliphatic rings. The molecule has 1 fully saturated rings. The Hall–Kier alpha value is -3.23. The van der Waals surface area contributed by atoms with Crippen molar-refractivity contribution in [2.24, 2.45) is 0 Å². The summed E-state index contributed by atoms with van der Waals surface area (Å²) in [5.41, 5.74) is 1.89. The maximum Gasteiger partial charge on any atom is 0.338 e. The second-order valence-corrected chi connectivity index (χ2v) is 9.40. The number of hydrogen-bond acceptors (Lipinski definition) is 5. The van der Waals surface area contributed by atoms with E-state index in [2.05, 4.69) is 0 Å². The molecule has 4 rings (SSSR count). The standard InChI is InChI=1S/C24H23FN2O4S/c25-21-9-11-22(12-10-21)26-13-15-27(16-14-26)32(29,30)23-8-4-7-20(17-23)24(28)31-18-19-5-2-1-3-6-19/h1-12,17H,13-16,18H2. The molecule has 0 aliphatic carbocycles. The van der Waals surface area contributed by atoms with Crippen LogP contribution in [-0.2, 0) is 21.4 Å². The second kappa shape index (κ2) is 9.50. The highest BCUT2D eigenvalue weighted by Crippen LogP contribution is 2.22. The Kier molecular flexibility index (Phi) is 6.53. The van der Waals surface area contributed by atoms with Gasteiger partial charge in [0.05, 0.1) is 10.5 Å². The molecule has 32 heavy (non-hydrogen) atoms. The summed E-state index contributed by atoms with van der Waals surface area (Å²) in [7, 11) is -3.76. The van der Waals surface area contributed by atoms with Gasteiger partial charge >= 0.3 is 5.97 Å². The Balaban J connectivity index is 1.41. The zero-order valence-electron chi connectivity index (χ0n) is 17.4. The Morgan fingerprint density at radius 3 is 2.25 bits per heavy atom. The first-order valence-electron chi connectivity index (χ1n) is 10.3. The highest BCUT2D eigenvalue weighted by molar-refractivity contribution is 7.89. The lowest BCUT2D eigenvalue weighted by Crippen LogP contribution is -2.48. The van der Waals surface area contributed by atoms with Gasteiger partial charge in [-0.25, -0.2) is 17.6 Å². The summed E-state index contributed by atoms with van der Waals surface area (Å²) < 4.78 is 46.1. The minimum atomic E-state index is -3.76. The minimum Gasteiger partial charge on any atom is -0.457 e. The number of nitrogens with zero attached hydrogens (tertiary/aromatic N) is 2. The molecule has 166 valence electrons. The van der Waals surface area contributed by atoms with Gasteiger partial charge in [0.1, 0.15) is 12.4 Å². The molecule has 1 saturated heterocycles. The van der Waals surface area contributed by atoms with Crippen LogP contribution in [0.2, 0.25) is 0 Å². The van der Waals surface area contributed by atoms with Crippen LogP contribution in [0.1, 0.15) is 15.9 Å². The number of hydrogen-bond donors (Lipinski definition) is 0. The van der Waals surface area contributed by atoms with E-state index in [1.54, 1.807) is 24.3 Å². The average molecular weight is 455 g/mol. The minimum absolute atomic E-state index is 0.0573. The Labute approximate surface area is 186 Å². The zero-order chi connectivity index (χ0) is 22.6. The summed E-state index contributed by atoms with van der Waals surface area (Å²) in [5, 5.41) is 0. The lowest BCUT2D eigenvalue weighted by atomic mass is 10.2. The van der Waals surface area contributed by atoms with E-state index >= 15 is 0 Å². The Morgan fingerprint density at radius 2 is 1.56 bits per heavy atom. The SMILES string of the molecule is O=C(OCc1ccccc1)c1cccc(S(=O)(=O)N2CCN(c3ccc(F)cc3)CC2)c1. The number of sulfonamides is 1. The maximum atomic E-state index is 13.1. The van der Waals surface area contributed by atoms with E-state index in [0.29, 0.717) is 26.2 Å². The number of benzene rings is 3. The first-order chi connectivity index (χ1) is 15.4. The van der Waals surface area contributed by atoms with Crippen molar-refractivity contribution in [3.63, 3.8) is 0 Å². The predicted molar refractivity (Wildman–Crippen MR) is 119 cm³/mol. The summed E-state index contributed by atoms with van der Waals surface area (Å²) in [4.78, 5) is 14.5. The molecule has 0 bridgehead atoms. The molecule has 0 spiro atoms. The molecule has 0 amide bonds. The van der Waals surface area contributed by atoms with Gasteiger partial charge in [0, 0.05) is 31.9 Å². The summed E-state index contributed by atoms with van der Waals surface area (Å²) in [6.45, 7) is 1.68. The largest absolute Gasteiger partial charge is 0.457 e. The number of piperazine rings is 1. The van der Waals surface area contributed by atoms with Gasteiger partial charge in [0.15, 0.2) is 0 Å². The van der Waals surface area contributed by atoms with Crippen LogP contribution < -0.4 is 4.90 Å². The monoisotopic (exact) mass is 454 g/mol. The Bertz CT molecular complexity index is 1180. The van der Waals surface area contributed by atoms with Gasteiger partial charge in [-0.2, -0.15) is 4.31 Å². The van der Waals surface area contributed by atoms with E-state index < -0.39 is 16.0 Å². The van der Waals surface area contributed by atoms with Crippen LogP contribution in [0.25, 0.3) is 0 Å². The van der Waals surface area contributed by atoms with Gasteiger partial charge in [0.25, 0.3) is 0 Å². The number of halogens is 1. The van der Waals surface area contributed by atoms with Crippen LogP contribution in [-0.4, -0.2) is 44.9 Å². The molecule has 0 aromatic heterocycles. The molecular weight excluding hydrogens is 431 g/mol. The molecule has 3 aromatic rings. The van der Waals surface area contributed by atoms with E-state index in [9.17, 15) is 17.6 Å². The van der Waals surface area contributed by atoms with Crippen LogP contribution in [0, 0.1) is 5.82 Å². The molecule has 0 atom stereocenters. The van der Waals surface area contributed by atoms with Crippen molar-refractivity contribution in [2.45, 2.75) is 11.5 Å². The van der Waals surface area contributed by atoms with Crippen molar-refractivity contribution in [3.05, 3.63) is 95.8 Å². The van der Waals surface area contributed by atoms with Crippen molar-refractivity contribution < 1.29 is 22.3 Å². The number of ether oxygens (including phenoxy) is 1. The van der Waals surface area contributed by atoms with Crippen LogP contribution >= 0.6 is 0 Å². The third kappa shape index (κ3) is 4.98. The fourth-order valence-corrected chi connectivity index (χ4v) is 5.05. The lowest BCUT2D eigenvalue weighted by Gasteiger charge is -2.35. The van der Waals surface area contributed by atoms with Gasteiger partial charge in [-0.05, 0) is 48.0 Å². The van der Waals surface area contributed by atoms with Crippen molar-refractivity contribution in [1.82, 2.24) is 4.31 Å². The number of carbonyl (C=O) groups excluding carboxylic acids is 1. The van der Waals surface area contributed by atoms with Crippen LogP contribution in [0.15, 0.2) is 83.8 Å². The summed E-state index contributed by atoms with van der Waals surface area (Å²) in [6.07, 6.45) is 0. The smallest absolute Gasteiger partial charge is 0.338 e. The van der Waals surface area contributed by atoms with E-state index in [0.717, 1.165) is 11.3 Å². The average Bonchev–Trinajstić information content (AvgIpc) is 2.84. The maximum absolute atomic E-state index is 13.1. The highest BCUT2D eigenvalue weighted by Gasteiger charge is 2.29. The quantitative estimate of drug-likeness (QED) is 0.532. The van der Waals surface area contributed by atoms with Crippen molar-refractivity contribution in [3.8, 4) is 0 Å². The second-order valence-electron chi connectivity index (χ2n) is 7.46. The van der Waals surface area contributed by atoms with E-state index in [1.807, 2.05) is 35.2 Å². The van der Waals surface area contributed by atoms with Gasteiger partial charge in [-0.1, -0.05) is 36.4 Å². The third-order valence-corrected chi connectivity index (χ3v) is 7.25. The molecule has 1 heterocycles. The number of anilines is 1. The summed E-state index contributed by atoms with van der Waals surface area (Å²) in [5.74, 6) is -0.885. The number of carbonyl (C=O) groups is 1. The molecule has 0 N–H and O–H groups in total. The molecule has 8 heteroatoms. The van der Waals surface area contributed by atoms with Crippen LogP contribution in [0.3, 0.4) is 0 Å².